The predicted octanol–water partition coefficient (Wildman–Crippen LogP) is -0.264. The second kappa shape index (κ2) is 11.9. The summed E-state index contributed by atoms with van der Waals surface area (Å²) in [6.45, 7) is 7.99. The van der Waals surface area contributed by atoms with E-state index < -0.39 is 0 Å². The van der Waals surface area contributed by atoms with E-state index in [1.54, 1.807) is 0 Å². The van der Waals surface area contributed by atoms with Crippen LogP contribution in [-0.4, -0.2) is 62.5 Å². The van der Waals surface area contributed by atoms with Gasteiger partial charge < -0.3 is 20.9 Å². The van der Waals surface area contributed by atoms with Gasteiger partial charge in [-0.05, 0) is 19.4 Å². The summed E-state index contributed by atoms with van der Waals surface area (Å²) in [6.07, 6.45) is 2.24. The van der Waals surface area contributed by atoms with Crippen molar-refractivity contribution in [2.75, 3.05) is 45.8 Å². The molecule has 0 aromatic rings. The lowest BCUT2D eigenvalue weighted by atomic mass is 10.3. The van der Waals surface area contributed by atoms with Gasteiger partial charge in [0.15, 0.2) is 0 Å². The van der Waals surface area contributed by atoms with E-state index in [0.29, 0.717) is 13.0 Å². The Balaban J connectivity index is 0.00000361. The summed E-state index contributed by atoms with van der Waals surface area (Å²) < 4.78 is 0. The molecule has 118 valence electrons. The quantitative estimate of drug-likeness (QED) is 0.540. The Bertz CT molecular complexity index is 284. The third-order valence-corrected chi connectivity index (χ3v) is 3.11. The largest absolute Gasteiger partial charge is 0.355 e. The second-order valence-electron chi connectivity index (χ2n) is 4.82. The summed E-state index contributed by atoms with van der Waals surface area (Å²) in [5, 5.41) is 8.74. The van der Waals surface area contributed by atoms with Gasteiger partial charge in [0.25, 0.3) is 0 Å². The molecule has 0 spiro atoms. The summed E-state index contributed by atoms with van der Waals surface area (Å²) in [7, 11) is 0. The van der Waals surface area contributed by atoms with E-state index in [-0.39, 0.29) is 30.8 Å². The van der Waals surface area contributed by atoms with Crippen LogP contribution in [0.2, 0.25) is 0 Å². The molecule has 1 aliphatic rings. The standard InChI is InChI=1S/C13H26N4O2.ClH/c1-2-4-12(18)16-11-13(19)15-5-3-8-17-9-6-14-7-10-17;/h14H,2-11H2,1H3,(H,15,19)(H,16,18);1H. The number of halogens is 1. The Labute approximate surface area is 127 Å². The summed E-state index contributed by atoms with van der Waals surface area (Å²) in [6, 6.07) is 0. The lowest BCUT2D eigenvalue weighted by Crippen LogP contribution is -2.44. The number of piperazine rings is 1. The van der Waals surface area contributed by atoms with E-state index in [9.17, 15) is 9.59 Å². The van der Waals surface area contributed by atoms with E-state index in [1.807, 2.05) is 6.92 Å². The molecule has 7 heteroatoms. The minimum Gasteiger partial charge on any atom is -0.355 e. The highest BCUT2D eigenvalue weighted by atomic mass is 35.5. The SMILES string of the molecule is CCCC(=O)NCC(=O)NCCCN1CCNCC1.Cl. The Hall–Kier alpha value is -0.850. The van der Waals surface area contributed by atoms with Crippen molar-refractivity contribution < 1.29 is 9.59 Å². The number of rotatable bonds is 8. The molecule has 0 aliphatic carbocycles. The zero-order valence-electron chi connectivity index (χ0n) is 12.2. The number of carbonyl (C=O) groups is 2. The Morgan fingerprint density at radius 3 is 2.50 bits per heavy atom. The average molecular weight is 307 g/mol. The zero-order valence-corrected chi connectivity index (χ0v) is 13.1. The molecule has 20 heavy (non-hydrogen) atoms. The van der Waals surface area contributed by atoms with Crippen molar-refractivity contribution in [3.63, 3.8) is 0 Å². The first-order valence-corrected chi connectivity index (χ1v) is 7.19. The minimum atomic E-state index is -0.107. The number of nitrogens with one attached hydrogen (secondary N) is 3. The summed E-state index contributed by atoms with van der Waals surface area (Å²) in [5.74, 6) is -0.164. The number of nitrogens with zero attached hydrogens (tertiary/aromatic N) is 1. The predicted molar refractivity (Wildman–Crippen MR) is 82.1 cm³/mol. The fourth-order valence-electron chi connectivity index (χ4n) is 2.02. The van der Waals surface area contributed by atoms with Crippen molar-refractivity contribution >= 4 is 24.2 Å². The summed E-state index contributed by atoms with van der Waals surface area (Å²) in [4.78, 5) is 25.0. The van der Waals surface area contributed by atoms with Crippen molar-refractivity contribution in [2.24, 2.45) is 0 Å². The van der Waals surface area contributed by atoms with Gasteiger partial charge in [-0.3, -0.25) is 9.59 Å². The minimum absolute atomic E-state index is 0. The molecule has 0 bridgehead atoms. The first kappa shape index (κ1) is 19.1. The molecule has 1 fully saturated rings. The van der Waals surface area contributed by atoms with Crippen LogP contribution in [-0.2, 0) is 9.59 Å². The van der Waals surface area contributed by atoms with Gasteiger partial charge in [0.05, 0.1) is 6.54 Å². The molecular formula is C13H27ClN4O2. The molecule has 1 saturated heterocycles. The monoisotopic (exact) mass is 306 g/mol. The Morgan fingerprint density at radius 1 is 1.15 bits per heavy atom. The molecule has 1 aliphatic heterocycles. The molecule has 2 amide bonds. The van der Waals surface area contributed by atoms with Crippen molar-refractivity contribution in [1.29, 1.82) is 0 Å². The van der Waals surface area contributed by atoms with E-state index in [1.165, 1.54) is 0 Å². The maximum absolute atomic E-state index is 11.5. The van der Waals surface area contributed by atoms with E-state index in [4.69, 9.17) is 0 Å². The van der Waals surface area contributed by atoms with Crippen LogP contribution in [0, 0.1) is 0 Å². The van der Waals surface area contributed by atoms with Crippen LogP contribution in [0.3, 0.4) is 0 Å². The Morgan fingerprint density at radius 2 is 1.85 bits per heavy atom. The van der Waals surface area contributed by atoms with Gasteiger partial charge in [-0.25, -0.2) is 0 Å². The highest BCUT2D eigenvalue weighted by molar-refractivity contribution is 5.85. The third kappa shape index (κ3) is 9.12. The molecule has 0 atom stereocenters. The van der Waals surface area contributed by atoms with E-state index >= 15 is 0 Å². The van der Waals surface area contributed by atoms with Gasteiger partial charge in [0.2, 0.25) is 11.8 Å². The zero-order chi connectivity index (χ0) is 13.9. The summed E-state index contributed by atoms with van der Waals surface area (Å²) in [5.41, 5.74) is 0. The number of amides is 2. The number of hydrogen-bond donors (Lipinski definition) is 3. The third-order valence-electron chi connectivity index (χ3n) is 3.11. The first-order chi connectivity index (χ1) is 9.22. The van der Waals surface area contributed by atoms with Gasteiger partial charge in [-0.1, -0.05) is 6.92 Å². The highest BCUT2D eigenvalue weighted by Gasteiger charge is 2.09. The van der Waals surface area contributed by atoms with Gasteiger partial charge in [0, 0.05) is 39.1 Å². The van der Waals surface area contributed by atoms with Crippen LogP contribution in [0.1, 0.15) is 26.2 Å². The molecule has 1 rings (SSSR count). The molecular weight excluding hydrogens is 280 g/mol. The van der Waals surface area contributed by atoms with E-state index in [2.05, 4.69) is 20.9 Å². The van der Waals surface area contributed by atoms with Crippen molar-refractivity contribution in [3.05, 3.63) is 0 Å². The number of hydrogen-bond acceptors (Lipinski definition) is 4. The molecule has 0 radical (unpaired) electrons. The molecule has 6 nitrogen and oxygen atoms in total. The number of carbonyl (C=O) groups excluding carboxylic acids is 2. The van der Waals surface area contributed by atoms with Crippen molar-refractivity contribution in [2.45, 2.75) is 26.2 Å². The lowest BCUT2D eigenvalue weighted by Gasteiger charge is -2.27. The second-order valence-corrected chi connectivity index (χ2v) is 4.82. The van der Waals surface area contributed by atoms with E-state index in [0.717, 1.165) is 45.6 Å². The molecule has 0 saturated carbocycles. The van der Waals surface area contributed by atoms with Gasteiger partial charge >= 0.3 is 0 Å². The molecule has 0 unspecified atom stereocenters. The maximum atomic E-state index is 11.5. The van der Waals surface area contributed by atoms with Crippen molar-refractivity contribution in [1.82, 2.24) is 20.9 Å². The van der Waals surface area contributed by atoms with Crippen LogP contribution in [0.5, 0.6) is 0 Å². The fourth-order valence-corrected chi connectivity index (χ4v) is 2.02. The molecule has 0 aromatic heterocycles. The molecule has 3 N–H and O–H groups in total. The van der Waals surface area contributed by atoms with Crippen LogP contribution in [0.4, 0.5) is 0 Å². The van der Waals surface area contributed by atoms with Gasteiger partial charge in [-0.2, -0.15) is 0 Å². The average Bonchev–Trinajstić information content (AvgIpc) is 2.43. The smallest absolute Gasteiger partial charge is 0.239 e. The lowest BCUT2D eigenvalue weighted by molar-refractivity contribution is -0.126. The maximum Gasteiger partial charge on any atom is 0.239 e. The van der Waals surface area contributed by atoms with Crippen LogP contribution in [0.25, 0.3) is 0 Å². The molecule has 0 aromatic carbocycles. The van der Waals surface area contributed by atoms with Crippen LogP contribution < -0.4 is 16.0 Å². The van der Waals surface area contributed by atoms with Crippen LogP contribution >= 0.6 is 12.4 Å². The van der Waals surface area contributed by atoms with Crippen molar-refractivity contribution in [3.8, 4) is 0 Å². The van der Waals surface area contributed by atoms with Crippen LogP contribution in [0.15, 0.2) is 0 Å². The molecule has 1 heterocycles. The van der Waals surface area contributed by atoms with Gasteiger partial charge in [-0.15, -0.1) is 12.4 Å². The highest BCUT2D eigenvalue weighted by Crippen LogP contribution is 1.93. The normalized spacial score (nSPS) is 15.2. The van der Waals surface area contributed by atoms with Gasteiger partial charge in [0.1, 0.15) is 0 Å². The first-order valence-electron chi connectivity index (χ1n) is 7.19. The Kier molecular flexibility index (Phi) is 11.4. The topological polar surface area (TPSA) is 73.5 Å². The fraction of sp³-hybridized carbons (Fsp3) is 0.846. The summed E-state index contributed by atoms with van der Waals surface area (Å²) >= 11 is 0.